The Bertz CT molecular complexity index is 246. The van der Waals surface area contributed by atoms with Crippen LogP contribution in [0.4, 0.5) is 0 Å². The Kier molecular flexibility index (Phi) is 13.5. The summed E-state index contributed by atoms with van der Waals surface area (Å²) >= 11 is 1.60. The molecule has 0 radical (unpaired) electrons. The topological polar surface area (TPSA) is 79.2 Å². The summed E-state index contributed by atoms with van der Waals surface area (Å²) in [5.74, 6) is 1.42. The van der Waals surface area contributed by atoms with Crippen molar-refractivity contribution in [1.29, 1.82) is 0 Å². The van der Waals surface area contributed by atoms with Crippen LogP contribution < -0.4 is 0 Å². The van der Waals surface area contributed by atoms with Crippen LogP contribution in [0.25, 0.3) is 0 Å². The van der Waals surface area contributed by atoms with Gasteiger partial charge in [0.1, 0.15) is 0 Å². The molecule has 0 aliphatic rings. The van der Waals surface area contributed by atoms with Crippen molar-refractivity contribution in [3.8, 4) is 0 Å². The SMILES string of the molecule is C=CCOCC(CC)(CO)COCCCSCC(O)CO. The smallest absolute Gasteiger partial charge is 0.0861 e. The van der Waals surface area contributed by atoms with Crippen LogP contribution in [0.3, 0.4) is 0 Å². The van der Waals surface area contributed by atoms with Gasteiger partial charge in [-0.25, -0.2) is 0 Å². The fraction of sp³-hybridized carbons (Fsp3) is 0.867. The van der Waals surface area contributed by atoms with Crippen molar-refractivity contribution >= 4 is 11.8 Å². The molecule has 2 atom stereocenters. The maximum atomic E-state index is 9.56. The van der Waals surface area contributed by atoms with Crippen LogP contribution in [-0.4, -0.2) is 72.6 Å². The Morgan fingerprint density at radius 1 is 1.29 bits per heavy atom. The van der Waals surface area contributed by atoms with E-state index in [1.165, 1.54) is 0 Å². The van der Waals surface area contributed by atoms with E-state index in [9.17, 15) is 10.2 Å². The maximum absolute atomic E-state index is 9.56. The molecular formula is C15H30O5S. The molecule has 0 fully saturated rings. The molecule has 126 valence electrons. The first-order chi connectivity index (χ1) is 10.1. The maximum Gasteiger partial charge on any atom is 0.0861 e. The zero-order valence-corrected chi connectivity index (χ0v) is 13.8. The Hall–Kier alpha value is -0.110. The summed E-state index contributed by atoms with van der Waals surface area (Å²) in [4.78, 5) is 0. The van der Waals surface area contributed by atoms with Gasteiger partial charge in [0.05, 0.1) is 39.1 Å². The van der Waals surface area contributed by atoms with E-state index >= 15 is 0 Å². The lowest BCUT2D eigenvalue weighted by molar-refractivity contribution is -0.0477. The molecule has 5 nitrogen and oxygen atoms in total. The highest BCUT2D eigenvalue weighted by molar-refractivity contribution is 7.99. The molecule has 0 aliphatic carbocycles. The number of hydrogen-bond acceptors (Lipinski definition) is 6. The number of rotatable bonds is 15. The molecule has 6 heteroatoms. The van der Waals surface area contributed by atoms with Crippen molar-refractivity contribution in [2.24, 2.45) is 5.41 Å². The first kappa shape index (κ1) is 20.9. The Balaban J connectivity index is 3.75. The molecule has 0 saturated carbocycles. The van der Waals surface area contributed by atoms with Gasteiger partial charge >= 0.3 is 0 Å². The highest BCUT2D eigenvalue weighted by Gasteiger charge is 2.28. The van der Waals surface area contributed by atoms with Gasteiger partial charge in [-0.15, -0.1) is 6.58 Å². The summed E-state index contributed by atoms with van der Waals surface area (Å²) in [5, 5.41) is 27.4. The molecule has 0 aromatic carbocycles. The fourth-order valence-corrected chi connectivity index (χ4v) is 2.50. The van der Waals surface area contributed by atoms with Crippen LogP contribution in [0.15, 0.2) is 12.7 Å². The van der Waals surface area contributed by atoms with Gasteiger partial charge in [0.15, 0.2) is 0 Å². The Labute approximate surface area is 132 Å². The second kappa shape index (κ2) is 13.5. The zero-order valence-electron chi connectivity index (χ0n) is 13.0. The number of ether oxygens (including phenoxy) is 2. The van der Waals surface area contributed by atoms with Gasteiger partial charge in [-0.05, 0) is 18.6 Å². The molecule has 0 spiro atoms. The number of aliphatic hydroxyl groups excluding tert-OH is 3. The summed E-state index contributed by atoms with van der Waals surface area (Å²) in [6.07, 6.45) is 2.72. The predicted octanol–water partition coefficient (Wildman–Crippen LogP) is 1.07. The first-order valence-corrected chi connectivity index (χ1v) is 8.53. The molecular weight excluding hydrogens is 292 g/mol. The second-order valence-corrected chi connectivity index (χ2v) is 6.28. The normalized spacial score (nSPS) is 15.6. The fourth-order valence-electron chi connectivity index (χ4n) is 1.63. The van der Waals surface area contributed by atoms with Gasteiger partial charge in [-0.1, -0.05) is 13.0 Å². The minimum Gasteiger partial charge on any atom is -0.396 e. The van der Waals surface area contributed by atoms with E-state index in [1.807, 2.05) is 6.92 Å². The minimum absolute atomic E-state index is 0.0398. The molecule has 0 rings (SSSR count). The Morgan fingerprint density at radius 3 is 2.57 bits per heavy atom. The van der Waals surface area contributed by atoms with Gasteiger partial charge in [0.2, 0.25) is 0 Å². The van der Waals surface area contributed by atoms with Gasteiger partial charge in [0.25, 0.3) is 0 Å². The molecule has 0 aliphatic heterocycles. The molecule has 0 saturated heterocycles. The predicted molar refractivity (Wildman–Crippen MR) is 86.7 cm³/mol. The zero-order chi connectivity index (χ0) is 16.0. The summed E-state index contributed by atoms with van der Waals surface area (Å²) in [7, 11) is 0. The van der Waals surface area contributed by atoms with Crippen molar-refractivity contribution in [1.82, 2.24) is 0 Å². The third-order valence-electron chi connectivity index (χ3n) is 3.24. The average molecular weight is 322 g/mol. The van der Waals surface area contributed by atoms with E-state index in [4.69, 9.17) is 14.6 Å². The summed E-state index contributed by atoms with van der Waals surface area (Å²) in [5.41, 5.74) is -0.344. The minimum atomic E-state index is -0.639. The molecule has 3 N–H and O–H groups in total. The summed E-state index contributed by atoms with van der Waals surface area (Å²) < 4.78 is 11.1. The number of thioether (sulfide) groups is 1. The molecule has 0 aromatic heterocycles. The monoisotopic (exact) mass is 322 g/mol. The molecule has 21 heavy (non-hydrogen) atoms. The van der Waals surface area contributed by atoms with Gasteiger partial charge in [-0.2, -0.15) is 11.8 Å². The number of hydrogen-bond donors (Lipinski definition) is 3. The van der Waals surface area contributed by atoms with Crippen LogP contribution in [0.1, 0.15) is 19.8 Å². The lowest BCUT2D eigenvalue weighted by Gasteiger charge is -2.30. The van der Waals surface area contributed by atoms with Crippen LogP contribution in [0, 0.1) is 5.41 Å². The van der Waals surface area contributed by atoms with Crippen molar-refractivity contribution in [2.75, 3.05) is 51.1 Å². The molecule has 0 amide bonds. The van der Waals surface area contributed by atoms with E-state index in [-0.39, 0.29) is 18.6 Å². The Morgan fingerprint density at radius 2 is 2.00 bits per heavy atom. The highest BCUT2D eigenvalue weighted by atomic mass is 32.2. The third kappa shape index (κ3) is 10.3. The lowest BCUT2D eigenvalue weighted by atomic mass is 9.88. The van der Waals surface area contributed by atoms with Gasteiger partial charge < -0.3 is 24.8 Å². The van der Waals surface area contributed by atoms with Crippen molar-refractivity contribution < 1.29 is 24.8 Å². The molecule has 0 heterocycles. The van der Waals surface area contributed by atoms with Crippen LogP contribution in [0.5, 0.6) is 0 Å². The molecule has 2 unspecified atom stereocenters. The van der Waals surface area contributed by atoms with Gasteiger partial charge in [-0.3, -0.25) is 0 Å². The average Bonchev–Trinajstić information content (AvgIpc) is 2.52. The summed E-state index contributed by atoms with van der Waals surface area (Å²) in [6, 6.07) is 0. The standard InChI is InChI=1S/C15H30O5S/c1-3-6-19-12-15(4-2,11-17)13-20-7-5-8-21-10-14(18)9-16/h3,14,16-18H,1,4-13H2,2H3. The summed E-state index contributed by atoms with van der Waals surface area (Å²) in [6.45, 7) is 7.49. The van der Waals surface area contributed by atoms with Crippen molar-refractivity contribution in [3.63, 3.8) is 0 Å². The largest absolute Gasteiger partial charge is 0.396 e. The van der Waals surface area contributed by atoms with E-state index in [2.05, 4.69) is 6.58 Å². The van der Waals surface area contributed by atoms with Crippen LogP contribution in [0.2, 0.25) is 0 Å². The lowest BCUT2D eigenvalue weighted by Crippen LogP contribution is -2.35. The van der Waals surface area contributed by atoms with E-state index in [0.717, 1.165) is 18.6 Å². The molecule has 0 bridgehead atoms. The first-order valence-electron chi connectivity index (χ1n) is 7.38. The van der Waals surface area contributed by atoms with Crippen molar-refractivity contribution in [3.05, 3.63) is 12.7 Å². The van der Waals surface area contributed by atoms with Crippen molar-refractivity contribution in [2.45, 2.75) is 25.9 Å². The molecule has 0 aromatic rings. The second-order valence-electron chi connectivity index (χ2n) is 5.13. The van der Waals surface area contributed by atoms with Crippen LogP contribution in [-0.2, 0) is 9.47 Å². The third-order valence-corrected chi connectivity index (χ3v) is 4.43. The van der Waals surface area contributed by atoms with E-state index < -0.39 is 6.10 Å². The highest BCUT2D eigenvalue weighted by Crippen LogP contribution is 2.22. The quantitative estimate of drug-likeness (QED) is 0.309. The number of aliphatic hydroxyl groups is 3. The van der Waals surface area contributed by atoms with E-state index in [0.29, 0.717) is 32.2 Å². The van der Waals surface area contributed by atoms with Crippen LogP contribution >= 0.6 is 11.8 Å². The van der Waals surface area contributed by atoms with E-state index in [1.54, 1.807) is 17.8 Å². The van der Waals surface area contributed by atoms with Gasteiger partial charge in [0, 0.05) is 17.8 Å².